The predicted octanol–water partition coefficient (Wildman–Crippen LogP) is 3.42. The number of hydrogen-bond acceptors (Lipinski definition) is 1. The summed E-state index contributed by atoms with van der Waals surface area (Å²) in [6.07, 6.45) is 0. The molecule has 0 amide bonds. The molecule has 0 aliphatic heterocycles. The summed E-state index contributed by atoms with van der Waals surface area (Å²) >= 11 is -1.70. The second kappa shape index (κ2) is 4.37. The van der Waals surface area contributed by atoms with Crippen LogP contribution in [0.3, 0.4) is 0 Å². The van der Waals surface area contributed by atoms with E-state index in [2.05, 4.69) is 42.4 Å². The normalized spacial score (nSPS) is 14.5. The summed E-state index contributed by atoms with van der Waals surface area (Å²) in [6, 6.07) is 0. The van der Waals surface area contributed by atoms with Gasteiger partial charge in [0, 0.05) is 0 Å². The van der Waals surface area contributed by atoms with Crippen molar-refractivity contribution in [3.63, 3.8) is 0 Å². The Bertz CT molecular complexity index is 139. The van der Waals surface area contributed by atoms with Crippen molar-refractivity contribution >= 4 is 49.4 Å². The van der Waals surface area contributed by atoms with Crippen LogP contribution < -0.4 is 0 Å². The van der Waals surface area contributed by atoms with E-state index in [1.807, 2.05) is 0 Å². The van der Waals surface area contributed by atoms with Gasteiger partial charge in [0.15, 0.2) is 0 Å². The maximum atomic E-state index is 6.12. The topological polar surface area (TPSA) is 3.24 Å². The van der Waals surface area contributed by atoms with E-state index in [0.717, 1.165) is 0 Å². The van der Waals surface area contributed by atoms with Gasteiger partial charge in [-0.2, -0.15) is 0 Å². The minimum atomic E-state index is -1.70. The molecule has 0 aromatic carbocycles. The van der Waals surface area contributed by atoms with Gasteiger partial charge in [0.25, 0.3) is 0 Å². The quantitative estimate of drug-likeness (QED) is 0.722. The maximum absolute atomic E-state index is 6.12. The van der Waals surface area contributed by atoms with Gasteiger partial charge in [0.1, 0.15) is 0 Å². The van der Waals surface area contributed by atoms with Crippen molar-refractivity contribution in [3.8, 4) is 0 Å². The molecular formula is C6H18AsCl2NSi2. The van der Waals surface area contributed by atoms with Crippen molar-refractivity contribution in [2.45, 2.75) is 39.3 Å². The third-order valence-electron chi connectivity index (χ3n) is 1.42. The number of halogens is 2. The minimum absolute atomic E-state index is 1.29. The predicted molar refractivity (Wildman–Crippen MR) is 66.0 cm³/mol. The molecule has 0 aliphatic carbocycles. The molecule has 0 fully saturated rings. The van der Waals surface area contributed by atoms with Gasteiger partial charge in [-0.3, -0.25) is 0 Å². The van der Waals surface area contributed by atoms with E-state index in [1.165, 1.54) is 0 Å². The average molecular weight is 306 g/mol. The molecule has 74 valence electrons. The Morgan fingerprint density at radius 3 is 1.08 bits per heavy atom. The molecule has 0 aromatic rings. The monoisotopic (exact) mass is 305 g/mol. The third-order valence-corrected chi connectivity index (χ3v) is 22.5. The molecule has 0 aliphatic rings. The molecule has 0 aromatic heterocycles. The zero-order valence-electron chi connectivity index (χ0n) is 8.65. The third kappa shape index (κ3) is 4.16. The summed E-state index contributed by atoms with van der Waals surface area (Å²) in [5.74, 6) is 0. The van der Waals surface area contributed by atoms with Gasteiger partial charge in [-0.05, 0) is 0 Å². The van der Waals surface area contributed by atoms with Gasteiger partial charge in [-0.1, -0.05) is 0 Å². The Hall–Kier alpha value is 1.53. The molecule has 0 atom stereocenters. The summed E-state index contributed by atoms with van der Waals surface area (Å²) < 4.78 is 2.50. The first kappa shape index (κ1) is 13.5. The van der Waals surface area contributed by atoms with Gasteiger partial charge in [0.05, 0.1) is 0 Å². The zero-order chi connectivity index (χ0) is 10.2. The molecule has 12 heavy (non-hydrogen) atoms. The summed E-state index contributed by atoms with van der Waals surface area (Å²) in [5, 5.41) is 0. The van der Waals surface area contributed by atoms with E-state index in [1.54, 1.807) is 0 Å². The zero-order valence-corrected chi connectivity index (χ0v) is 14.0. The number of hydrogen-bond donors (Lipinski definition) is 0. The standard InChI is InChI=1S/C6H18AsCl2NSi2/c1-11(2,3)10(7(8)9)12(4,5)6/h1-6H3. The molecule has 0 unspecified atom stereocenters. The summed E-state index contributed by atoms with van der Waals surface area (Å²) in [6.45, 7) is 13.9. The van der Waals surface area contributed by atoms with E-state index in [9.17, 15) is 0 Å². The average Bonchev–Trinajstić information content (AvgIpc) is 1.49. The van der Waals surface area contributed by atoms with Crippen LogP contribution in [0.1, 0.15) is 0 Å². The van der Waals surface area contributed by atoms with Crippen LogP contribution >= 0.6 is 19.9 Å². The molecule has 0 rings (SSSR count). The second-order valence-electron chi connectivity index (χ2n) is 4.87. The van der Waals surface area contributed by atoms with Crippen LogP contribution in [0.5, 0.6) is 0 Å². The van der Waals surface area contributed by atoms with Crippen LogP contribution in [0.2, 0.25) is 39.3 Å². The van der Waals surface area contributed by atoms with Crippen molar-refractivity contribution in [2.24, 2.45) is 0 Å². The number of nitrogens with zero attached hydrogens (tertiary/aromatic N) is 1. The van der Waals surface area contributed by atoms with E-state index in [0.29, 0.717) is 0 Å². The molecule has 0 saturated carbocycles. The van der Waals surface area contributed by atoms with Gasteiger partial charge in [-0.15, -0.1) is 0 Å². The molecule has 0 saturated heterocycles. The molecule has 0 radical (unpaired) electrons. The van der Waals surface area contributed by atoms with Crippen molar-refractivity contribution in [2.75, 3.05) is 0 Å². The van der Waals surface area contributed by atoms with Crippen molar-refractivity contribution in [1.82, 2.24) is 3.15 Å². The Balaban J connectivity index is 4.70. The van der Waals surface area contributed by atoms with Crippen LogP contribution in [0, 0.1) is 0 Å². The van der Waals surface area contributed by atoms with Gasteiger partial charge >= 0.3 is 91.8 Å². The molecule has 0 bridgehead atoms. The fourth-order valence-electron chi connectivity index (χ4n) is 1.46. The Labute approximate surface area is 91.4 Å². The van der Waals surface area contributed by atoms with Crippen LogP contribution in [0.25, 0.3) is 0 Å². The van der Waals surface area contributed by atoms with Crippen LogP contribution in [0.4, 0.5) is 0 Å². The van der Waals surface area contributed by atoms with Gasteiger partial charge in [-0.25, -0.2) is 0 Å². The molecule has 0 spiro atoms. The van der Waals surface area contributed by atoms with Gasteiger partial charge in [0.2, 0.25) is 0 Å². The summed E-state index contributed by atoms with van der Waals surface area (Å²) in [5.41, 5.74) is 0. The Kier molecular flexibility index (Phi) is 4.93. The fraction of sp³-hybridized carbons (Fsp3) is 1.00. The molecule has 1 nitrogen and oxygen atoms in total. The summed E-state index contributed by atoms with van der Waals surface area (Å²) in [4.78, 5) is 0. The van der Waals surface area contributed by atoms with E-state index in [4.69, 9.17) is 19.9 Å². The Morgan fingerprint density at radius 1 is 0.833 bits per heavy atom. The first-order chi connectivity index (χ1) is 5.07. The SMILES string of the molecule is C[Si](C)(C)N([As](Cl)Cl)[Si](C)(C)C. The van der Waals surface area contributed by atoms with Crippen molar-refractivity contribution in [1.29, 1.82) is 0 Å². The molecule has 0 N–H and O–H groups in total. The number of rotatable bonds is 3. The van der Waals surface area contributed by atoms with E-state index >= 15 is 0 Å². The van der Waals surface area contributed by atoms with Crippen LogP contribution in [0.15, 0.2) is 0 Å². The second-order valence-corrected chi connectivity index (χ2v) is 22.5. The Morgan fingerprint density at radius 2 is 1.08 bits per heavy atom. The first-order valence-electron chi connectivity index (χ1n) is 3.99. The fourth-order valence-corrected chi connectivity index (χ4v) is 30.3. The van der Waals surface area contributed by atoms with E-state index in [-0.39, 0.29) is 0 Å². The van der Waals surface area contributed by atoms with Gasteiger partial charge < -0.3 is 0 Å². The summed E-state index contributed by atoms with van der Waals surface area (Å²) in [7, 11) is 9.66. The van der Waals surface area contributed by atoms with Crippen LogP contribution in [-0.4, -0.2) is 32.6 Å². The van der Waals surface area contributed by atoms with Crippen molar-refractivity contribution in [3.05, 3.63) is 0 Å². The molecular weight excluding hydrogens is 288 g/mol. The van der Waals surface area contributed by atoms with E-state index < -0.39 is 29.5 Å². The van der Waals surface area contributed by atoms with Crippen molar-refractivity contribution < 1.29 is 0 Å². The molecule has 6 heteroatoms. The first-order valence-corrected chi connectivity index (χ1v) is 16.7. The molecule has 0 heterocycles. The van der Waals surface area contributed by atoms with Crippen LogP contribution in [-0.2, 0) is 0 Å².